The molecule has 2 aromatic carbocycles. The molecule has 5 heteroatoms. The summed E-state index contributed by atoms with van der Waals surface area (Å²) < 4.78 is 3.24. The minimum atomic E-state index is 0.0659. The van der Waals surface area contributed by atoms with Gasteiger partial charge in [0.05, 0.1) is 15.9 Å². The second kappa shape index (κ2) is 7.17. The molecule has 1 amide bonds. The zero-order valence-corrected chi connectivity index (χ0v) is 19.8. The molecule has 0 saturated heterocycles. The van der Waals surface area contributed by atoms with Gasteiger partial charge in [0, 0.05) is 23.4 Å². The van der Waals surface area contributed by atoms with Gasteiger partial charge in [0.1, 0.15) is 0 Å². The van der Waals surface area contributed by atoms with Crippen LogP contribution in [0.15, 0.2) is 54.7 Å². The summed E-state index contributed by atoms with van der Waals surface area (Å²) in [6, 6.07) is 16.6. The lowest BCUT2D eigenvalue weighted by Gasteiger charge is -2.59. The van der Waals surface area contributed by atoms with E-state index in [1.54, 1.807) is 11.3 Å². The van der Waals surface area contributed by atoms with Crippen molar-refractivity contribution in [2.45, 2.75) is 51.5 Å². The van der Waals surface area contributed by atoms with E-state index in [1.165, 1.54) is 38.5 Å². The summed E-state index contributed by atoms with van der Waals surface area (Å²) in [5.74, 6) is 2.76. The van der Waals surface area contributed by atoms with Gasteiger partial charge in [-0.05, 0) is 86.8 Å². The van der Waals surface area contributed by atoms with Crippen molar-refractivity contribution >= 4 is 32.4 Å². The maximum Gasteiger partial charge on any atom is 0.251 e. The average Bonchev–Trinajstić information content (AvgIpc) is 3.36. The summed E-state index contributed by atoms with van der Waals surface area (Å²) in [6.07, 6.45) is 10.3. The molecule has 1 N–H and O–H groups in total. The molecule has 33 heavy (non-hydrogen) atoms. The van der Waals surface area contributed by atoms with E-state index >= 15 is 0 Å². The molecule has 4 nitrogen and oxygen atoms in total. The van der Waals surface area contributed by atoms with Crippen LogP contribution in [0.25, 0.3) is 26.4 Å². The molecule has 0 spiro atoms. The van der Waals surface area contributed by atoms with Gasteiger partial charge in [0.25, 0.3) is 5.91 Å². The van der Waals surface area contributed by atoms with E-state index in [0.29, 0.717) is 5.41 Å². The quantitative estimate of drug-likeness (QED) is 0.379. The van der Waals surface area contributed by atoms with Crippen molar-refractivity contribution in [1.82, 2.24) is 14.7 Å². The third-order valence-electron chi connectivity index (χ3n) is 8.78. The first-order valence-electron chi connectivity index (χ1n) is 12.3. The van der Waals surface area contributed by atoms with Crippen molar-refractivity contribution in [3.05, 3.63) is 60.3 Å². The second-order valence-electron chi connectivity index (χ2n) is 10.9. The van der Waals surface area contributed by atoms with Crippen molar-refractivity contribution in [2.75, 3.05) is 0 Å². The van der Waals surface area contributed by atoms with Crippen LogP contribution in [0, 0.1) is 23.2 Å². The highest BCUT2D eigenvalue weighted by Crippen LogP contribution is 2.61. The van der Waals surface area contributed by atoms with Crippen LogP contribution >= 0.6 is 11.3 Å². The first-order valence-corrected chi connectivity index (χ1v) is 13.2. The lowest BCUT2D eigenvalue weighted by Crippen LogP contribution is -2.55. The van der Waals surface area contributed by atoms with Crippen LogP contribution in [0.3, 0.4) is 0 Å². The van der Waals surface area contributed by atoms with Crippen LogP contribution in [-0.2, 0) is 0 Å². The third-order valence-corrected chi connectivity index (χ3v) is 9.80. The number of carbonyl (C=O) groups excluding carboxylic acids is 1. The van der Waals surface area contributed by atoms with Gasteiger partial charge in [-0.2, -0.15) is 0 Å². The third kappa shape index (κ3) is 3.16. The zero-order valence-electron chi connectivity index (χ0n) is 19.0. The molecule has 2 aromatic heterocycles. The van der Waals surface area contributed by atoms with Crippen molar-refractivity contribution in [1.29, 1.82) is 0 Å². The predicted octanol–water partition coefficient (Wildman–Crippen LogP) is 6.55. The Balaban J connectivity index is 1.14. The summed E-state index contributed by atoms with van der Waals surface area (Å²) in [5, 5.41) is 3.42. The molecule has 4 aliphatic carbocycles. The fourth-order valence-corrected chi connectivity index (χ4v) is 8.58. The predicted molar refractivity (Wildman–Crippen MR) is 134 cm³/mol. The van der Waals surface area contributed by atoms with Crippen LogP contribution < -0.4 is 5.32 Å². The molecule has 2 heterocycles. The van der Waals surface area contributed by atoms with Crippen molar-refractivity contribution in [3.63, 3.8) is 0 Å². The van der Waals surface area contributed by atoms with Gasteiger partial charge < -0.3 is 5.32 Å². The molecular weight excluding hydrogens is 426 g/mol. The SMILES string of the molecule is C[C@@H](NC(=O)c1ccc2c(c1)sc1nc(-c3ccccc3)cn12)C12CC3CC(CC(C3)C1)C2. The van der Waals surface area contributed by atoms with Crippen LogP contribution in [-0.4, -0.2) is 21.3 Å². The number of rotatable bonds is 4. The Bertz CT molecular complexity index is 1330. The minimum Gasteiger partial charge on any atom is -0.349 e. The normalized spacial score (nSPS) is 29.1. The van der Waals surface area contributed by atoms with Crippen molar-refractivity contribution < 1.29 is 4.79 Å². The maximum atomic E-state index is 13.3. The zero-order chi connectivity index (χ0) is 22.2. The number of aromatic nitrogens is 2. The average molecular weight is 456 g/mol. The van der Waals surface area contributed by atoms with Crippen molar-refractivity contribution in [2.24, 2.45) is 23.2 Å². The Labute approximate surface area is 198 Å². The van der Waals surface area contributed by atoms with Crippen LogP contribution in [0.1, 0.15) is 55.8 Å². The molecule has 168 valence electrons. The number of imidazole rings is 1. The van der Waals surface area contributed by atoms with Gasteiger partial charge in [0.2, 0.25) is 0 Å². The fourth-order valence-electron chi connectivity index (χ4n) is 7.53. The van der Waals surface area contributed by atoms with Gasteiger partial charge in [-0.25, -0.2) is 4.98 Å². The molecule has 4 aromatic rings. The Kier molecular flexibility index (Phi) is 4.30. The monoisotopic (exact) mass is 455 g/mol. The number of nitrogens with one attached hydrogen (secondary N) is 1. The smallest absolute Gasteiger partial charge is 0.251 e. The van der Waals surface area contributed by atoms with Gasteiger partial charge in [-0.1, -0.05) is 41.7 Å². The number of hydrogen-bond acceptors (Lipinski definition) is 3. The summed E-state index contributed by atoms with van der Waals surface area (Å²) in [4.78, 5) is 19.0. The topological polar surface area (TPSA) is 46.4 Å². The summed E-state index contributed by atoms with van der Waals surface area (Å²) in [7, 11) is 0. The molecule has 4 bridgehead atoms. The molecule has 4 fully saturated rings. The highest BCUT2D eigenvalue weighted by atomic mass is 32.1. The molecule has 4 aliphatic rings. The van der Waals surface area contributed by atoms with Crippen molar-refractivity contribution in [3.8, 4) is 11.3 Å². The molecule has 8 rings (SSSR count). The number of fused-ring (bicyclic) bond motifs is 3. The highest BCUT2D eigenvalue weighted by molar-refractivity contribution is 7.23. The second-order valence-corrected chi connectivity index (χ2v) is 11.9. The maximum absolute atomic E-state index is 13.3. The number of amides is 1. The Hall–Kier alpha value is -2.66. The van der Waals surface area contributed by atoms with E-state index in [-0.39, 0.29) is 11.9 Å². The first-order chi connectivity index (χ1) is 16.1. The number of benzene rings is 2. The lowest BCUT2D eigenvalue weighted by atomic mass is 9.48. The van der Waals surface area contributed by atoms with E-state index in [1.807, 2.05) is 30.3 Å². The molecule has 4 saturated carbocycles. The van der Waals surface area contributed by atoms with E-state index in [0.717, 1.165) is 49.8 Å². The molecule has 0 radical (unpaired) electrons. The van der Waals surface area contributed by atoms with E-state index < -0.39 is 0 Å². The van der Waals surface area contributed by atoms with Gasteiger partial charge in [-0.15, -0.1) is 0 Å². The minimum absolute atomic E-state index is 0.0659. The highest BCUT2D eigenvalue weighted by Gasteiger charge is 2.53. The summed E-state index contributed by atoms with van der Waals surface area (Å²) in [5.41, 5.74) is 4.29. The fraction of sp³-hybridized carbons (Fsp3) is 0.429. The van der Waals surface area contributed by atoms with Crippen LogP contribution in [0.2, 0.25) is 0 Å². The van der Waals surface area contributed by atoms with Crippen LogP contribution in [0.4, 0.5) is 0 Å². The van der Waals surface area contributed by atoms with Gasteiger partial charge in [-0.3, -0.25) is 9.20 Å². The molecule has 0 aliphatic heterocycles. The van der Waals surface area contributed by atoms with Crippen LogP contribution in [0.5, 0.6) is 0 Å². The molecule has 0 unspecified atom stereocenters. The summed E-state index contributed by atoms with van der Waals surface area (Å²) in [6.45, 7) is 2.26. The Morgan fingerprint density at radius 2 is 1.76 bits per heavy atom. The number of carbonyl (C=O) groups is 1. The van der Waals surface area contributed by atoms with Gasteiger partial charge >= 0.3 is 0 Å². The number of nitrogens with zero attached hydrogens (tertiary/aromatic N) is 2. The Morgan fingerprint density at radius 3 is 2.45 bits per heavy atom. The summed E-state index contributed by atoms with van der Waals surface area (Å²) >= 11 is 1.65. The standard InChI is InChI=1S/C28H29N3OS/c1-17(28-13-18-9-19(14-28)11-20(10-18)15-28)29-26(32)22-7-8-24-25(12-22)33-27-30-23(16-31(24)27)21-5-3-2-4-6-21/h2-8,12,16-20H,9-11,13-15H2,1H3,(H,29,32)/t17-,18?,19?,20?,28?/m1/s1. The van der Waals surface area contributed by atoms with Gasteiger partial charge in [0.15, 0.2) is 4.96 Å². The Morgan fingerprint density at radius 1 is 1.06 bits per heavy atom. The molecule has 1 atom stereocenters. The number of thiazole rings is 1. The van der Waals surface area contributed by atoms with E-state index in [9.17, 15) is 4.79 Å². The van der Waals surface area contributed by atoms with E-state index in [4.69, 9.17) is 4.98 Å². The number of hydrogen-bond donors (Lipinski definition) is 1. The largest absolute Gasteiger partial charge is 0.349 e. The lowest BCUT2D eigenvalue weighted by molar-refractivity contribution is -0.0688. The first kappa shape index (κ1) is 19.8. The van der Waals surface area contributed by atoms with E-state index in [2.05, 4.69) is 41.0 Å². The molecular formula is C28H29N3OS.